The van der Waals surface area contributed by atoms with Gasteiger partial charge in [-0.15, -0.1) is 0 Å². The number of nitrogens with zero attached hydrogens (tertiary/aromatic N) is 2. The van der Waals surface area contributed by atoms with Crippen LogP contribution >= 0.6 is 0 Å². The summed E-state index contributed by atoms with van der Waals surface area (Å²) in [6, 6.07) is 16.2. The molecule has 0 saturated heterocycles. The lowest BCUT2D eigenvalue weighted by Crippen LogP contribution is -2.14. The number of aromatic nitrogens is 2. The molecule has 0 bridgehead atoms. The molecule has 2 aromatic heterocycles. The monoisotopic (exact) mass is 417 g/mol. The molecule has 0 fully saturated rings. The molecule has 2 heterocycles. The molecule has 0 spiro atoms. The van der Waals surface area contributed by atoms with Crippen molar-refractivity contribution in [3.8, 4) is 5.75 Å². The van der Waals surface area contributed by atoms with Gasteiger partial charge in [0.05, 0.1) is 0 Å². The van der Waals surface area contributed by atoms with Crippen molar-refractivity contribution in [2.75, 3.05) is 5.32 Å². The van der Waals surface area contributed by atoms with Gasteiger partial charge in [-0.2, -0.15) is 5.10 Å². The SMILES string of the molecule is Cc1cc(=O)oc2cc(NC(=O)c3ccn(COc4ccc(C(C)C)cc4)n3)ccc12. The lowest BCUT2D eigenvalue weighted by Gasteiger charge is -2.09. The molecule has 1 amide bonds. The van der Waals surface area contributed by atoms with Crippen LogP contribution in [0.3, 0.4) is 0 Å². The molecule has 1 N–H and O–H groups in total. The maximum Gasteiger partial charge on any atom is 0.336 e. The summed E-state index contributed by atoms with van der Waals surface area (Å²) in [4.78, 5) is 24.1. The Morgan fingerprint density at radius 2 is 1.90 bits per heavy atom. The Bertz CT molecular complexity index is 1290. The second-order valence-corrected chi connectivity index (χ2v) is 7.65. The summed E-state index contributed by atoms with van der Waals surface area (Å²) >= 11 is 0. The van der Waals surface area contributed by atoms with Gasteiger partial charge in [0, 0.05) is 29.4 Å². The predicted molar refractivity (Wildman–Crippen MR) is 119 cm³/mol. The molecular weight excluding hydrogens is 394 g/mol. The van der Waals surface area contributed by atoms with Crippen molar-refractivity contribution >= 4 is 22.6 Å². The summed E-state index contributed by atoms with van der Waals surface area (Å²) in [6.45, 7) is 6.31. The number of benzene rings is 2. The maximum atomic E-state index is 12.6. The smallest absolute Gasteiger partial charge is 0.336 e. The van der Waals surface area contributed by atoms with Crippen LogP contribution in [0.15, 0.2) is 70.0 Å². The van der Waals surface area contributed by atoms with E-state index in [0.717, 1.165) is 16.7 Å². The topological polar surface area (TPSA) is 86.4 Å². The molecule has 0 unspecified atom stereocenters. The van der Waals surface area contributed by atoms with Gasteiger partial charge in [0.15, 0.2) is 12.4 Å². The number of carbonyl (C=O) groups excluding carboxylic acids is 1. The third-order valence-corrected chi connectivity index (χ3v) is 4.99. The van der Waals surface area contributed by atoms with Gasteiger partial charge in [0.1, 0.15) is 11.3 Å². The first-order valence-electron chi connectivity index (χ1n) is 10.0. The van der Waals surface area contributed by atoms with Crippen molar-refractivity contribution in [1.29, 1.82) is 0 Å². The third kappa shape index (κ3) is 4.66. The van der Waals surface area contributed by atoms with Gasteiger partial charge in [-0.25, -0.2) is 9.48 Å². The largest absolute Gasteiger partial charge is 0.471 e. The minimum absolute atomic E-state index is 0.189. The number of carbonyl (C=O) groups is 1. The summed E-state index contributed by atoms with van der Waals surface area (Å²) in [5, 5.41) is 7.86. The van der Waals surface area contributed by atoms with Crippen LogP contribution in [0.1, 0.15) is 41.4 Å². The molecule has 4 rings (SSSR count). The molecule has 7 nitrogen and oxygen atoms in total. The van der Waals surface area contributed by atoms with Gasteiger partial charge >= 0.3 is 5.63 Å². The lowest BCUT2D eigenvalue weighted by molar-refractivity contribution is 0.102. The van der Waals surface area contributed by atoms with Crippen molar-refractivity contribution in [3.05, 3.63) is 88.0 Å². The van der Waals surface area contributed by atoms with Crippen LogP contribution in [-0.2, 0) is 6.73 Å². The molecule has 7 heteroatoms. The molecule has 31 heavy (non-hydrogen) atoms. The predicted octanol–water partition coefficient (Wildman–Crippen LogP) is 4.71. The average molecular weight is 417 g/mol. The second kappa shape index (κ2) is 8.47. The van der Waals surface area contributed by atoms with Crippen LogP contribution in [0, 0.1) is 6.92 Å². The number of nitrogens with one attached hydrogen (secondary N) is 1. The number of rotatable bonds is 6. The van der Waals surface area contributed by atoms with Crippen LogP contribution < -0.4 is 15.7 Å². The first-order chi connectivity index (χ1) is 14.9. The highest BCUT2D eigenvalue weighted by Crippen LogP contribution is 2.21. The van der Waals surface area contributed by atoms with E-state index >= 15 is 0 Å². The molecular formula is C24H23N3O4. The summed E-state index contributed by atoms with van der Waals surface area (Å²) in [6.07, 6.45) is 1.68. The van der Waals surface area contributed by atoms with Gasteiger partial charge in [0.25, 0.3) is 5.91 Å². The zero-order valence-electron chi connectivity index (χ0n) is 17.6. The van der Waals surface area contributed by atoms with Crippen molar-refractivity contribution in [2.45, 2.75) is 33.4 Å². The van der Waals surface area contributed by atoms with Crippen LogP contribution in [0.4, 0.5) is 5.69 Å². The first-order valence-corrected chi connectivity index (χ1v) is 10.0. The molecule has 0 radical (unpaired) electrons. The summed E-state index contributed by atoms with van der Waals surface area (Å²) in [7, 11) is 0. The number of ether oxygens (including phenoxy) is 1. The molecule has 2 aromatic carbocycles. The Morgan fingerprint density at radius 1 is 1.13 bits per heavy atom. The number of anilines is 1. The molecule has 158 valence electrons. The first kappa shape index (κ1) is 20.4. The van der Waals surface area contributed by atoms with E-state index in [2.05, 4.69) is 24.3 Å². The zero-order valence-corrected chi connectivity index (χ0v) is 17.6. The van der Waals surface area contributed by atoms with Crippen LogP contribution in [0.2, 0.25) is 0 Å². The van der Waals surface area contributed by atoms with Crippen molar-refractivity contribution < 1.29 is 13.9 Å². The summed E-state index contributed by atoms with van der Waals surface area (Å²) in [5.41, 5.74) is 2.83. The fourth-order valence-electron chi connectivity index (χ4n) is 3.24. The molecule has 0 aliphatic rings. The standard InChI is InChI=1S/C24H23N3O4/c1-15(2)17-4-7-19(8-5-17)30-14-27-11-10-21(26-27)24(29)25-18-6-9-20-16(3)12-23(28)31-22(20)13-18/h4-13,15H,14H2,1-3H3,(H,25,29). The highest BCUT2D eigenvalue weighted by Gasteiger charge is 2.12. The van der Waals surface area contributed by atoms with Crippen LogP contribution in [0.25, 0.3) is 11.0 Å². The van der Waals surface area contributed by atoms with Crippen molar-refractivity contribution in [3.63, 3.8) is 0 Å². The van der Waals surface area contributed by atoms with E-state index in [1.165, 1.54) is 11.6 Å². The number of hydrogen-bond donors (Lipinski definition) is 1. The third-order valence-electron chi connectivity index (χ3n) is 4.99. The molecule has 0 aliphatic carbocycles. The van der Waals surface area contributed by atoms with E-state index in [1.54, 1.807) is 35.1 Å². The second-order valence-electron chi connectivity index (χ2n) is 7.65. The fraction of sp³-hybridized carbons (Fsp3) is 0.208. The molecule has 0 aliphatic heterocycles. The van der Waals surface area contributed by atoms with E-state index in [-0.39, 0.29) is 18.3 Å². The van der Waals surface area contributed by atoms with Gasteiger partial charge in [-0.1, -0.05) is 26.0 Å². The number of fused-ring (bicyclic) bond motifs is 1. The van der Waals surface area contributed by atoms with E-state index in [0.29, 0.717) is 17.2 Å². The highest BCUT2D eigenvalue weighted by atomic mass is 16.5. The zero-order chi connectivity index (χ0) is 22.0. The van der Waals surface area contributed by atoms with Gasteiger partial charge in [0.2, 0.25) is 0 Å². The molecule has 4 aromatic rings. The van der Waals surface area contributed by atoms with Gasteiger partial charge in [-0.3, -0.25) is 4.79 Å². The van der Waals surface area contributed by atoms with Gasteiger partial charge in [-0.05, 0) is 54.3 Å². The van der Waals surface area contributed by atoms with Crippen LogP contribution in [0.5, 0.6) is 5.75 Å². The molecule has 0 atom stereocenters. The minimum Gasteiger partial charge on any atom is -0.471 e. The summed E-state index contributed by atoms with van der Waals surface area (Å²) < 4.78 is 12.5. The average Bonchev–Trinajstić information content (AvgIpc) is 3.21. The van der Waals surface area contributed by atoms with Gasteiger partial charge < -0.3 is 14.5 Å². The summed E-state index contributed by atoms with van der Waals surface area (Å²) in [5.74, 6) is 0.831. The quantitative estimate of drug-likeness (QED) is 0.459. The maximum absolute atomic E-state index is 12.6. The van der Waals surface area contributed by atoms with Crippen molar-refractivity contribution in [1.82, 2.24) is 9.78 Å². The lowest BCUT2D eigenvalue weighted by atomic mass is 10.0. The van der Waals surface area contributed by atoms with E-state index < -0.39 is 5.63 Å². The van der Waals surface area contributed by atoms with E-state index in [9.17, 15) is 9.59 Å². The van der Waals surface area contributed by atoms with Crippen LogP contribution in [-0.4, -0.2) is 15.7 Å². The Morgan fingerprint density at radius 3 is 2.65 bits per heavy atom. The van der Waals surface area contributed by atoms with E-state index in [1.807, 2.05) is 31.2 Å². The highest BCUT2D eigenvalue weighted by molar-refractivity contribution is 6.03. The normalized spacial score (nSPS) is 11.1. The Balaban J connectivity index is 1.41. The Hall–Kier alpha value is -3.87. The fourth-order valence-corrected chi connectivity index (χ4v) is 3.24. The van der Waals surface area contributed by atoms with Crippen molar-refractivity contribution in [2.24, 2.45) is 0 Å². The minimum atomic E-state index is -0.425. The number of aryl methyl sites for hydroxylation is 1. The Labute approximate surface area is 179 Å². The molecule has 0 saturated carbocycles. The number of hydrogen-bond acceptors (Lipinski definition) is 5. The Kier molecular flexibility index (Phi) is 5.58. The number of amides is 1. The van der Waals surface area contributed by atoms with E-state index in [4.69, 9.17) is 9.15 Å².